The highest BCUT2D eigenvalue weighted by atomic mass is 32.2. The molecule has 0 bridgehead atoms. The number of hydrogen-bond acceptors (Lipinski definition) is 4. The molecule has 1 fully saturated rings. The number of thioether (sulfide) groups is 1. The minimum atomic E-state index is -0.190. The van der Waals surface area contributed by atoms with Crippen LogP contribution < -0.4 is 11.1 Å². The molecule has 142 valence electrons. The van der Waals surface area contributed by atoms with E-state index in [1.54, 1.807) is 11.8 Å². The molecule has 3 rings (SSSR count). The second-order valence-corrected chi connectivity index (χ2v) is 7.72. The first-order chi connectivity index (χ1) is 13.0. The number of nitrogens with two attached hydrogens (primary N) is 1. The van der Waals surface area contributed by atoms with Crippen molar-refractivity contribution < 1.29 is 9.59 Å². The lowest BCUT2D eigenvalue weighted by molar-refractivity contribution is -0.123. The third-order valence-electron chi connectivity index (χ3n) is 4.93. The van der Waals surface area contributed by atoms with Crippen LogP contribution in [0.15, 0.2) is 53.4 Å². The maximum absolute atomic E-state index is 12.4. The van der Waals surface area contributed by atoms with Crippen LogP contribution in [0, 0.1) is 5.92 Å². The van der Waals surface area contributed by atoms with Gasteiger partial charge < -0.3 is 11.1 Å². The number of primary amides is 1. The topological polar surface area (TPSA) is 75.4 Å². The highest BCUT2D eigenvalue weighted by Crippen LogP contribution is 2.20. The van der Waals surface area contributed by atoms with Gasteiger partial charge in [0.15, 0.2) is 0 Å². The number of hydrogen-bond donors (Lipinski definition) is 2. The smallest absolute Gasteiger partial charge is 0.255 e. The molecular formula is C21H25N3O2S. The molecule has 0 unspecified atom stereocenters. The maximum atomic E-state index is 12.4. The van der Waals surface area contributed by atoms with Gasteiger partial charge in [0.25, 0.3) is 5.91 Å². The number of likely N-dealkylation sites (tertiary alicyclic amines) is 1. The second-order valence-electron chi connectivity index (χ2n) is 6.84. The molecular weight excluding hydrogens is 358 g/mol. The Morgan fingerprint density at radius 1 is 1.15 bits per heavy atom. The first-order valence-electron chi connectivity index (χ1n) is 9.11. The summed E-state index contributed by atoms with van der Waals surface area (Å²) in [5.74, 6) is -0.295. The van der Waals surface area contributed by atoms with Crippen molar-refractivity contribution in [1.29, 1.82) is 0 Å². The molecule has 0 spiro atoms. The van der Waals surface area contributed by atoms with Crippen LogP contribution in [0.1, 0.15) is 28.8 Å². The van der Waals surface area contributed by atoms with E-state index in [4.69, 9.17) is 5.73 Å². The van der Waals surface area contributed by atoms with Crippen LogP contribution in [0.2, 0.25) is 0 Å². The van der Waals surface area contributed by atoms with E-state index in [2.05, 4.69) is 16.3 Å². The molecule has 0 radical (unpaired) electrons. The van der Waals surface area contributed by atoms with E-state index in [0.29, 0.717) is 5.56 Å². The average molecular weight is 384 g/mol. The molecule has 1 saturated heterocycles. The molecule has 1 aliphatic rings. The predicted octanol–water partition coefficient (Wildman–Crippen LogP) is 3.36. The SMILES string of the molecule is CSc1ccc(C(=O)Nc2cccc(CN3CCC(C(N)=O)CC3)c2)cc1. The second kappa shape index (κ2) is 9.06. The number of piperidine rings is 1. The number of amides is 2. The van der Waals surface area contributed by atoms with E-state index >= 15 is 0 Å². The van der Waals surface area contributed by atoms with Gasteiger partial charge in [0.2, 0.25) is 5.91 Å². The van der Waals surface area contributed by atoms with Crippen LogP contribution >= 0.6 is 11.8 Å². The van der Waals surface area contributed by atoms with Crippen molar-refractivity contribution in [2.45, 2.75) is 24.3 Å². The van der Waals surface area contributed by atoms with E-state index in [1.807, 2.05) is 48.7 Å². The summed E-state index contributed by atoms with van der Waals surface area (Å²) in [4.78, 5) is 27.2. The Morgan fingerprint density at radius 2 is 1.85 bits per heavy atom. The van der Waals surface area contributed by atoms with E-state index in [0.717, 1.165) is 48.6 Å². The summed E-state index contributed by atoms with van der Waals surface area (Å²) in [5, 5.41) is 2.97. The van der Waals surface area contributed by atoms with E-state index in [9.17, 15) is 9.59 Å². The summed E-state index contributed by atoms with van der Waals surface area (Å²) in [6.07, 6.45) is 3.65. The normalized spacial score (nSPS) is 15.4. The minimum absolute atomic E-state index is 0.00405. The van der Waals surface area contributed by atoms with Gasteiger partial charge in [0.1, 0.15) is 0 Å². The Kier molecular flexibility index (Phi) is 6.53. The highest BCUT2D eigenvalue weighted by Gasteiger charge is 2.23. The lowest BCUT2D eigenvalue weighted by Gasteiger charge is -2.30. The van der Waals surface area contributed by atoms with Crippen LogP contribution in [0.5, 0.6) is 0 Å². The van der Waals surface area contributed by atoms with Gasteiger partial charge in [-0.2, -0.15) is 0 Å². The van der Waals surface area contributed by atoms with E-state index in [-0.39, 0.29) is 17.7 Å². The quantitative estimate of drug-likeness (QED) is 0.750. The molecule has 2 aromatic rings. The third-order valence-corrected chi connectivity index (χ3v) is 5.68. The van der Waals surface area contributed by atoms with Gasteiger partial charge in [-0.15, -0.1) is 11.8 Å². The van der Waals surface area contributed by atoms with Crippen molar-refractivity contribution in [3.8, 4) is 0 Å². The van der Waals surface area contributed by atoms with Crippen LogP contribution in [-0.4, -0.2) is 36.1 Å². The number of nitrogens with one attached hydrogen (secondary N) is 1. The van der Waals surface area contributed by atoms with Crippen LogP contribution in [-0.2, 0) is 11.3 Å². The van der Waals surface area contributed by atoms with Gasteiger partial charge in [-0.3, -0.25) is 14.5 Å². The van der Waals surface area contributed by atoms with Crippen LogP contribution in [0.4, 0.5) is 5.69 Å². The minimum Gasteiger partial charge on any atom is -0.369 e. The summed E-state index contributed by atoms with van der Waals surface area (Å²) < 4.78 is 0. The molecule has 5 nitrogen and oxygen atoms in total. The lowest BCUT2D eigenvalue weighted by Crippen LogP contribution is -2.38. The summed E-state index contributed by atoms with van der Waals surface area (Å²) in [7, 11) is 0. The highest BCUT2D eigenvalue weighted by molar-refractivity contribution is 7.98. The van der Waals surface area contributed by atoms with Gasteiger partial charge in [-0.05, 0) is 74.1 Å². The molecule has 3 N–H and O–H groups in total. The van der Waals surface area contributed by atoms with Gasteiger partial charge in [-0.25, -0.2) is 0 Å². The van der Waals surface area contributed by atoms with Crippen molar-refractivity contribution in [2.75, 3.05) is 24.7 Å². The van der Waals surface area contributed by atoms with Crippen molar-refractivity contribution in [1.82, 2.24) is 4.90 Å². The van der Waals surface area contributed by atoms with Crippen molar-refractivity contribution in [3.05, 3.63) is 59.7 Å². The summed E-state index contributed by atoms with van der Waals surface area (Å²) in [6, 6.07) is 15.5. The van der Waals surface area contributed by atoms with Gasteiger partial charge in [-0.1, -0.05) is 12.1 Å². The largest absolute Gasteiger partial charge is 0.369 e. The van der Waals surface area contributed by atoms with Crippen molar-refractivity contribution in [2.24, 2.45) is 11.7 Å². The average Bonchev–Trinajstić information content (AvgIpc) is 2.68. The fourth-order valence-electron chi connectivity index (χ4n) is 3.33. The molecule has 1 aliphatic heterocycles. The van der Waals surface area contributed by atoms with Gasteiger partial charge in [0.05, 0.1) is 0 Å². The summed E-state index contributed by atoms with van der Waals surface area (Å²) in [5.41, 5.74) is 7.97. The Labute approximate surface area is 164 Å². The number of carbonyl (C=O) groups is 2. The maximum Gasteiger partial charge on any atom is 0.255 e. The molecule has 6 heteroatoms. The summed E-state index contributed by atoms with van der Waals surface area (Å²) in [6.45, 7) is 2.54. The zero-order chi connectivity index (χ0) is 19.2. The Bertz CT molecular complexity index is 799. The standard InChI is InChI=1S/C21H25N3O2S/c1-27-19-7-5-17(6-8-19)21(26)23-18-4-2-3-15(13-18)14-24-11-9-16(10-12-24)20(22)25/h2-8,13,16H,9-12,14H2,1H3,(H2,22,25)(H,23,26). The fraction of sp³-hybridized carbons (Fsp3) is 0.333. The van der Waals surface area contributed by atoms with Crippen molar-refractivity contribution in [3.63, 3.8) is 0 Å². The first kappa shape index (κ1) is 19.5. The number of nitrogens with zero attached hydrogens (tertiary/aromatic N) is 1. The monoisotopic (exact) mass is 383 g/mol. The van der Waals surface area contributed by atoms with Crippen molar-refractivity contribution >= 4 is 29.3 Å². The molecule has 0 aromatic heterocycles. The Balaban J connectivity index is 1.58. The molecule has 1 heterocycles. The van der Waals surface area contributed by atoms with Crippen LogP contribution in [0.25, 0.3) is 0 Å². The third kappa shape index (κ3) is 5.34. The zero-order valence-corrected chi connectivity index (χ0v) is 16.3. The molecule has 0 atom stereocenters. The van der Waals surface area contributed by atoms with Gasteiger partial charge in [0, 0.05) is 28.6 Å². The molecule has 2 aromatic carbocycles. The van der Waals surface area contributed by atoms with E-state index < -0.39 is 0 Å². The number of carbonyl (C=O) groups excluding carboxylic acids is 2. The van der Waals surface area contributed by atoms with E-state index in [1.165, 1.54) is 0 Å². The predicted molar refractivity (Wildman–Crippen MR) is 110 cm³/mol. The van der Waals surface area contributed by atoms with Crippen LogP contribution in [0.3, 0.4) is 0 Å². The Hall–Kier alpha value is -2.31. The lowest BCUT2D eigenvalue weighted by atomic mass is 9.96. The number of benzene rings is 2. The molecule has 2 amide bonds. The summed E-state index contributed by atoms with van der Waals surface area (Å²) >= 11 is 1.65. The molecule has 0 saturated carbocycles. The Morgan fingerprint density at radius 3 is 2.48 bits per heavy atom. The first-order valence-corrected chi connectivity index (χ1v) is 10.3. The molecule has 27 heavy (non-hydrogen) atoms. The fourth-order valence-corrected chi connectivity index (χ4v) is 3.74. The number of anilines is 1. The van der Waals surface area contributed by atoms with Gasteiger partial charge >= 0.3 is 0 Å². The molecule has 0 aliphatic carbocycles. The zero-order valence-electron chi connectivity index (χ0n) is 15.5. The number of rotatable bonds is 6.